The Morgan fingerprint density at radius 3 is 2.25 bits per heavy atom. The van der Waals surface area contributed by atoms with E-state index in [4.69, 9.17) is 40.6 Å². The van der Waals surface area contributed by atoms with Gasteiger partial charge >= 0.3 is 7.82 Å². The Labute approximate surface area is 331 Å². The monoisotopic (exact) mass is 812 g/mol. The van der Waals surface area contributed by atoms with Crippen LogP contribution < -0.4 is 5.73 Å². The Kier molecular flexibility index (Phi) is 19.8. The minimum absolute atomic E-state index is 0.0307. The van der Waals surface area contributed by atoms with Crippen molar-refractivity contribution in [2.24, 2.45) is 0 Å². The number of benzene rings is 1. The Bertz CT molecular complexity index is 1600. The molecule has 3 heterocycles. The third kappa shape index (κ3) is 15.6. The predicted octanol–water partition coefficient (Wildman–Crippen LogP) is 9.47. The summed E-state index contributed by atoms with van der Waals surface area (Å²) >= 11 is 5.94. The van der Waals surface area contributed by atoms with Gasteiger partial charge in [-0.15, -0.1) is 0 Å². The molecular formula is C40H63ClFN4O8P. The number of nitrogens with zero attached hydrogens (tertiary/aromatic N) is 3. The molecule has 15 heteroatoms. The van der Waals surface area contributed by atoms with Crippen molar-refractivity contribution >= 4 is 30.8 Å². The number of fused-ring (bicyclic) bond motifs is 1. The standard InChI is InChI=1S/C40H63ClFN4O8P/c1-3-4-5-6-7-8-9-10-11-12-13-14-15-16-17-18-23-50-27-32(51-26-31-19-20-34(42)33(41)24-31)28-52-55(48,49)53-29-37-36(47)25-40(2,54-37)38-22-21-35-39(43)44-30-45-46(35)38/h19-22,24,30,32,36-37,47H,3-18,23,25-29H2,1-2H3,(H,48,49)(H2,43,44,45)/t32-,36+,37-,40-/m1/s1. The van der Waals surface area contributed by atoms with E-state index in [0.29, 0.717) is 29.2 Å². The van der Waals surface area contributed by atoms with Crippen LogP contribution in [-0.4, -0.2) is 69.3 Å². The summed E-state index contributed by atoms with van der Waals surface area (Å²) in [4.78, 5) is 14.6. The molecule has 0 saturated carbocycles. The van der Waals surface area contributed by atoms with Crippen molar-refractivity contribution in [1.29, 1.82) is 0 Å². The van der Waals surface area contributed by atoms with E-state index in [1.165, 1.54) is 102 Å². The van der Waals surface area contributed by atoms with Crippen molar-refractivity contribution in [1.82, 2.24) is 14.6 Å². The maximum Gasteiger partial charge on any atom is 0.472 e. The van der Waals surface area contributed by atoms with Crippen LogP contribution in [0.3, 0.4) is 0 Å². The van der Waals surface area contributed by atoms with Gasteiger partial charge in [0, 0.05) is 13.0 Å². The van der Waals surface area contributed by atoms with Gasteiger partial charge in [-0.1, -0.05) is 121 Å². The van der Waals surface area contributed by atoms with Crippen LogP contribution in [0.15, 0.2) is 36.7 Å². The number of unbranched alkanes of at least 4 members (excludes halogenated alkanes) is 15. The summed E-state index contributed by atoms with van der Waals surface area (Å²) < 4.78 is 56.9. The maximum atomic E-state index is 13.7. The molecule has 0 aliphatic carbocycles. The Morgan fingerprint density at radius 1 is 0.982 bits per heavy atom. The number of anilines is 1. The molecule has 55 heavy (non-hydrogen) atoms. The lowest BCUT2D eigenvalue weighted by atomic mass is 9.97. The minimum atomic E-state index is -4.60. The van der Waals surface area contributed by atoms with E-state index in [0.717, 1.165) is 19.3 Å². The first-order chi connectivity index (χ1) is 26.5. The normalized spacial score (nSPS) is 20.3. The zero-order chi connectivity index (χ0) is 39.5. The molecule has 5 atom stereocenters. The van der Waals surface area contributed by atoms with Crippen LogP contribution in [0, 0.1) is 5.82 Å². The molecule has 1 unspecified atom stereocenters. The Morgan fingerprint density at radius 2 is 1.62 bits per heavy atom. The average Bonchev–Trinajstić information content (AvgIpc) is 3.74. The Balaban J connectivity index is 1.14. The SMILES string of the molecule is CCCCCCCCCCCCCCCCCCOC[C@H](COP(=O)(O)OC[C@H]1O[C@@](C)(c2ccc3c(N)ncnn23)C[C@@H]1O)OCc1ccc(F)c(Cl)c1. The van der Waals surface area contributed by atoms with Crippen LogP contribution in [0.2, 0.25) is 5.02 Å². The average molecular weight is 813 g/mol. The van der Waals surface area contributed by atoms with Crippen LogP contribution in [0.4, 0.5) is 10.2 Å². The number of phosphoric acid groups is 1. The summed E-state index contributed by atoms with van der Waals surface area (Å²) in [5, 5.41) is 15.0. The number of hydrogen-bond acceptors (Lipinski definition) is 10. The number of hydrogen-bond donors (Lipinski definition) is 3. The van der Waals surface area contributed by atoms with Crippen LogP contribution >= 0.6 is 19.4 Å². The fraction of sp³-hybridized carbons (Fsp3) is 0.700. The second kappa shape index (κ2) is 23.9. The third-order valence-electron chi connectivity index (χ3n) is 10.2. The fourth-order valence-electron chi connectivity index (χ4n) is 6.99. The minimum Gasteiger partial charge on any atom is -0.390 e. The number of aliphatic hydroxyl groups is 1. The zero-order valence-electron chi connectivity index (χ0n) is 32.7. The number of phosphoric ester groups is 1. The lowest BCUT2D eigenvalue weighted by Gasteiger charge is -2.25. The van der Waals surface area contributed by atoms with Crippen LogP contribution in [0.1, 0.15) is 134 Å². The maximum absolute atomic E-state index is 13.7. The molecule has 1 aromatic carbocycles. The van der Waals surface area contributed by atoms with E-state index in [2.05, 4.69) is 17.0 Å². The van der Waals surface area contributed by atoms with E-state index >= 15 is 0 Å². The second-order valence-electron chi connectivity index (χ2n) is 14.9. The lowest BCUT2D eigenvalue weighted by molar-refractivity contribution is -0.0739. The first kappa shape index (κ1) is 45.5. The van der Waals surface area contributed by atoms with Crippen molar-refractivity contribution in [3.8, 4) is 0 Å². The van der Waals surface area contributed by atoms with Crippen molar-refractivity contribution < 1.29 is 42.2 Å². The first-order valence-electron chi connectivity index (χ1n) is 20.2. The van der Waals surface area contributed by atoms with Gasteiger partial charge in [0.25, 0.3) is 0 Å². The van der Waals surface area contributed by atoms with Gasteiger partial charge in [-0.25, -0.2) is 18.5 Å². The molecule has 4 rings (SSSR count). The highest BCUT2D eigenvalue weighted by Crippen LogP contribution is 2.46. The molecule has 1 aliphatic heterocycles. The van der Waals surface area contributed by atoms with Crippen LogP contribution in [0.25, 0.3) is 5.52 Å². The fourth-order valence-corrected chi connectivity index (χ4v) is 7.96. The number of aliphatic hydroxyl groups excluding tert-OH is 1. The number of aromatic nitrogens is 3. The quantitative estimate of drug-likeness (QED) is 0.0453. The molecule has 0 amide bonds. The largest absolute Gasteiger partial charge is 0.472 e. The van der Waals surface area contributed by atoms with Crippen LogP contribution in [0.5, 0.6) is 0 Å². The molecular weight excluding hydrogens is 750 g/mol. The molecule has 1 aliphatic rings. The van der Waals surface area contributed by atoms with Gasteiger partial charge in [-0.2, -0.15) is 5.10 Å². The van der Waals surface area contributed by atoms with E-state index in [1.807, 2.05) is 0 Å². The van der Waals surface area contributed by atoms with Gasteiger partial charge in [0.05, 0.1) is 43.2 Å². The first-order valence-corrected chi connectivity index (χ1v) is 22.1. The van der Waals surface area contributed by atoms with E-state index in [-0.39, 0.29) is 31.3 Å². The van der Waals surface area contributed by atoms with Gasteiger partial charge in [-0.05, 0) is 43.2 Å². The van der Waals surface area contributed by atoms with Crippen molar-refractivity contribution in [2.75, 3.05) is 32.2 Å². The summed E-state index contributed by atoms with van der Waals surface area (Å²) in [6, 6.07) is 7.82. The van der Waals surface area contributed by atoms with Gasteiger partial charge < -0.3 is 29.9 Å². The van der Waals surface area contributed by atoms with E-state index in [9.17, 15) is 19.0 Å². The summed E-state index contributed by atoms with van der Waals surface area (Å²) in [5.74, 6) is -0.237. The molecule has 3 aromatic rings. The van der Waals surface area contributed by atoms with Crippen molar-refractivity contribution in [3.63, 3.8) is 0 Å². The number of halogens is 2. The van der Waals surface area contributed by atoms with E-state index in [1.54, 1.807) is 29.6 Å². The number of nitrogen functional groups attached to an aromatic ring is 1. The van der Waals surface area contributed by atoms with Gasteiger partial charge in [0.1, 0.15) is 35.5 Å². The third-order valence-corrected chi connectivity index (χ3v) is 11.4. The molecule has 1 saturated heterocycles. The molecule has 1 fully saturated rings. The summed E-state index contributed by atoms with van der Waals surface area (Å²) in [7, 11) is -4.60. The predicted molar refractivity (Wildman–Crippen MR) is 212 cm³/mol. The molecule has 0 spiro atoms. The lowest BCUT2D eigenvalue weighted by Crippen LogP contribution is -2.29. The number of ether oxygens (including phenoxy) is 3. The summed E-state index contributed by atoms with van der Waals surface area (Å²) in [6.45, 7) is 4.01. The molecule has 310 valence electrons. The van der Waals surface area contributed by atoms with Crippen molar-refractivity contribution in [2.45, 2.75) is 154 Å². The summed E-state index contributed by atoms with van der Waals surface area (Å²) in [6.07, 6.45) is 19.4. The topological polar surface area (TPSA) is 160 Å². The highest BCUT2D eigenvalue weighted by atomic mass is 35.5. The van der Waals surface area contributed by atoms with Crippen LogP contribution in [-0.2, 0) is 40.0 Å². The second-order valence-corrected chi connectivity index (χ2v) is 16.8. The Hall–Kier alpha value is -2.19. The van der Waals surface area contributed by atoms with Gasteiger partial charge in [0.2, 0.25) is 0 Å². The summed E-state index contributed by atoms with van der Waals surface area (Å²) in [5.41, 5.74) is 6.85. The van der Waals surface area contributed by atoms with E-state index < -0.39 is 44.2 Å². The molecule has 0 bridgehead atoms. The van der Waals surface area contributed by atoms with Crippen molar-refractivity contribution in [3.05, 3.63) is 58.8 Å². The van der Waals surface area contributed by atoms with Gasteiger partial charge in [0.15, 0.2) is 5.82 Å². The molecule has 0 radical (unpaired) electrons. The number of nitrogens with two attached hydrogens (primary N) is 1. The highest BCUT2D eigenvalue weighted by Gasteiger charge is 2.46. The molecule has 4 N–H and O–H groups in total. The highest BCUT2D eigenvalue weighted by molar-refractivity contribution is 7.47. The molecule has 2 aromatic heterocycles. The smallest absolute Gasteiger partial charge is 0.390 e. The number of rotatable bonds is 29. The molecule has 12 nitrogen and oxygen atoms in total. The zero-order valence-corrected chi connectivity index (χ0v) is 34.4. The van der Waals surface area contributed by atoms with Gasteiger partial charge in [-0.3, -0.25) is 9.05 Å².